The number of hydrogen-bond donors (Lipinski definition) is 2. The zero-order chi connectivity index (χ0) is 14.8. The number of hydrogen-bond acceptors (Lipinski definition) is 3. The molecule has 1 fully saturated rings. The van der Waals surface area contributed by atoms with Crippen LogP contribution in [0.3, 0.4) is 0 Å². The number of benzene rings is 2. The van der Waals surface area contributed by atoms with Crippen LogP contribution in [0.15, 0.2) is 36.4 Å². The SMILES string of the molecule is Nc1cc2ccccc2cc1C(=O)N1CCCC(CO)C1. The van der Waals surface area contributed by atoms with Gasteiger partial charge >= 0.3 is 0 Å². The fraction of sp³-hybridized carbons (Fsp3) is 0.353. The molecule has 1 amide bonds. The topological polar surface area (TPSA) is 66.6 Å². The number of piperidine rings is 1. The molecule has 1 unspecified atom stereocenters. The highest BCUT2D eigenvalue weighted by atomic mass is 16.3. The average molecular weight is 284 g/mol. The van der Waals surface area contributed by atoms with Crippen LogP contribution in [0, 0.1) is 5.92 Å². The van der Waals surface area contributed by atoms with Gasteiger partial charge in [-0.1, -0.05) is 24.3 Å². The Hall–Kier alpha value is -2.07. The summed E-state index contributed by atoms with van der Waals surface area (Å²) in [5, 5.41) is 11.4. The second kappa shape index (κ2) is 5.74. The van der Waals surface area contributed by atoms with E-state index >= 15 is 0 Å². The van der Waals surface area contributed by atoms with Crippen molar-refractivity contribution >= 4 is 22.4 Å². The Labute approximate surface area is 124 Å². The molecular formula is C17H20N2O2. The Morgan fingerprint density at radius 2 is 2.00 bits per heavy atom. The lowest BCUT2D eigenvalue weighted by atomic mass is 9.97. The highest BCUT2D eigenvalue weighted by Gasteiger charge is 2.25. The van der Waals surface area contributed by atoms with Gasteiger partial charge in [0.25, 0.3) is 5.91 Å². The third-order valence-corrected chi connectivity index (χ3v) is 4.21. The van der Waals surface area contributed by atoms with E-state index in [-0.39, 0.29) is 18.4 Å². The van der Waals surface area contributed by atoms with Crippen LogP contribution in [0.2, 0.25) is 0 Å². The number of carbonyl (C=O) groups excluding carboxylic acids is 1. The molecule has 3 N–H and O–H groups in total. The number of carbonyl (C=O) groups is 1. The van der Waals surface area contributed by atoms with Crippen molar-refractivity contribution in [3.63, 3.8) is 0 Å². The number of anilines is 1. The lowest BCUT2D eigenvalue weighted by Gasteiger charge is -2.32. The van der Waals surface area contributed by atoms with Gasteiger partial charge in [0, 0.05) is 25.4 Å². The molecule has 0 bridgehead atoms. The summed E-state index contributed by atoms with van der Waals surface area (Å²) in [6.07, 6.45) is 1.91. The van der Waals surface area contributed by atoms with Crippen molar-refractivity contribution in [2.24, 2.45) is 5.92 Å². The van der Waals surface area contributed by atoms with Gasteiger partial charge in [-0.15, -0.1) is 0 Å². The zero-order valence-corrected chi connectivity index (χ0v) is 12.0. The molecule has 3 rings (SSSR count). The molecule has 0 aliphatic carbocycles. The Balaban J connectivity index is 1.92. The second-order valence-corrected chi connectivity index (χ2v) is 5.73. The highest BCUT2D eigenvalue weighted by molar-refractivity contribution is 6.03. The van der Waals surface area contributed by atoms with Crippen molar-refractivity contribution in [2.75, 3.05) is 25.4 Å². The van der Waals surface area contributed by atoms with Crippen molar-refractivity contribution in [3.8, 4) is 0 Å². The summed E-state index contributed by atoms with van der Waals surface area (Å²) in [5.41, 5.74) is 7.15. The molecule has 0 radical (unpaired) electrons. The fourth-order valence-corrected chi connectivity index (χ4v) is 3.01. The van der Waals surface area contributed by atoms with Crippen molar-refractivity contribution in [1.82, 2.24) is 4.90 Å². The number of amides is 1. The summed E-state index contributed by atoms with van der Waals surface area (Å²) in [6, 6.07) is 11.6. The third kappa shape index (κ3) is 2.72. The lowest BCUT2D eigenvalue weighted by Crippen LogP contribution is -2.41. The van der Waals surface area contributed by atoms with E-state index in [4.69, 9.17) is 5.73 Å². The summed E-state index contributed by atoms with van der Waals surface area (Å²) >= 11 is 0. The van der Waals surface area contributed by atoms with Gasteiger partial charge in [-0.25, -0.2) is 0 Å². The van der Waals surface area contributed by atoms with E-state index in [0.717, 1.165) is 30.2 Å². The van der Waals surface area contributed by atoms with Crippen LogP contribution in [0.4, 0.5) is 5.69 Å². The molecule has 0 aromatic heterocycles. The molecule has 110 valence electrons. The molecule has 21 heavy (non-hydrogen) atoms. The Morgan fingerprint density at radius 1 is 1.29 bits per heavy atom. The number of aliphatic hydroxyl groups is 1. The van der Waals surface area contributed by atoms with E-state index in [9.17, 15) is 9.90 Å². The lowest BCUT2D eigenvalue weighted by molar-refractivity contribution is 0.0622. The molecule has 2 aromatic carbocycles. The number of rotatable bonds is 2. The molecule has 0 saturated carbocycles. The summed E-state index contributed by atoms with van der Waals surface area (Å²) in [6.45, 7) is 1.49. The van der Waals surface area contributed by atoms with Gasteiger partial charge in [0.2, 0.25) is 0 Å². The second-order valence-electron chi connectivity index (χ2n) is 5.73. The molecule has 1 saturated heterocycles. The zero-order valence-electron chi connectivity index (χ0n) is 12.0. The van der Waals surface area contributed by atoms with Gasteiger partial charge in [0.15, 0.2) is 0 Å². The van der Waals surface area contributed by atoms with Crippen molar-refractivity contribution < 1.29 is 9.90 Å². The van der Waals surface area contributed by atoms with E-state index < -0.39 is 0 Å². The number of likely N-dealkylation sites (tertiary alicyclic amines) is 1. The number of nitrogens with two attached hydrogens (primary N) is 1. The summed E-state index contributed by atoms with van der Waals surface area (Å²) in [5.74, 6) is 0.154. The predicted molar refractivity (Wildman–Crippen MR) is 84.1 cm³/mol. The molecule has 1 aliphatic rings. The maximum atomic E-state index is 12.7. The number of nitrogen functional groups attached to an aromatic ring is 1. The number of fused-ring (bicyclic) bond motifs is 1. The Morgan fingerprint density at radius 3 is 2.71 bits per heavy atom. The van der Waals surface area contributed by atoms with E-state index in [1.54, 1.807) is 0 Å². The maximum absolute atomic E-state index is 12.7. The van der Waals surface area contributed by atoms with Crippen LogP contribution in [0.5, 0.6) is 0 Å². The van der Waals surface area contributed by atoms with Gasteiger partial charge in [0.1, 0.15) is 0 Å². The first kappa shape index (κ1) is 13.9. The molecule has 0 spiro atoms. The summed E-state index contributed by atoms with van der Waals surface area (Å²) in [7, 11) is 0. The van der Waals surface area contributed by atoms with Gasteiger partial charge in [0.05, 0.1) is 5.56 Å². The molecule has 4 nitrogen and oxygen atoms in total. The minimum absolute atomic E-state index is 0.0311. The normalized spacial score (nSPS) is 18.9. The summed E-state index contributed by atoms with van der Waals surface area (Å²) < 4.78 is 0. The van der Waals surface area contributed by atoms with Gasteiger partial charge in [-0.2, -0.15) is 0 Å². The van der Waals surface area contributed by atoms with Crippen molar-refractivity contribution in [1.29, 1.82) is 0 Å². The molecule has 1 aliphatic heterocycles. The first-order chi connectivity index (χ1) is 10.2. The van der Waals surface area contributed by atoms with Crippen LogP contribution in [0.1, 0.15) is 23.2 Å². The first-order valence-electron chi connectivity index (χ1n) is 7.37. The van der Waals surface area contributed by atoms with E-state index in [1.807, 2.05) is 41.3 Å². The smallest absolute Gasteiger partial charge is 0.255 e. The molecule has 1 atom stereocenters. The van der Waals surface area contributed by atoms with Gasteiger partial charge in [-0.3, -0.25) is 4.79 Å². The Kier molecular flexibility index (Phi) is 3.80. The summed E-state index contributed by atoms with van der Waals surface area (Å²) in [4.78, 5) is 14.5. The van der Waals surface area contributed by atoms with Crippen molar-refractivity contribution in [2.45, 2.75) is 12.8 Å². The minimum atomic E-state index is -0.0311. The predicted octanol–water partition coefficient (Wildman–Crippen LogP) is 2.27. The van der Waals surface area contributed by atoms with Crippen molar-refractivity contribution in [3.05, 3.63) is 42.0 Å². The average Bonchev–Trinajstić information content (AvgIpc) is 2.53. The van der Waals surface area contributed by atoms with Crippen LogP contribution in [-0.4, -0.2) is 35.6 Å². The fourth-order valence-electron chi connectivity index (χ4n) is 3.01. The standard InChI is InChI=1S/C17H20N2O2/c18-16-9-14-6-2-1-5-13(14)8-15(16)17(21)19-7-3-4-12(10-19)11-20/h1-2,5-6,8-9,12,20H,3-4,7,10-11,18H2. The molecule has 2 aromatic rings. The maximum Gasteiger partial charge on any atom is 0.255 e. The van der Waals surface area contributed by atoms with E-state index in [1.165, 1.54) is 0 Å². The molecule has 1 heterocycles. The Bertz CT molecular complexity index is 669. The van der Waals surface area contributed by atoms with Crippen LogP contribution < -0.4 is 5.73 Å². The van der Waals surface area contributed by atoms with Crippen LogP contribution in [-0.2, 0) is 0 Å². The number of aliphatic hydroxyl groups excluding tert-OH is 1. The van der Waals surface area contributed by atoms with Crippen LogP contribution >= 0.6 is 0 Å². The monoisotopic (exact) mass is 284 g/mol. The number of nitrogens with zero attached hydrogens (tertiary/aromatic N) is 1. The molecular weight excluding hydrogens is 264 g/mol. The first-order valence-corrected chi connectivity index (χ1v) is 7.37. The van der Waals surface area contributed by atoms with Gasteiger partial charge < -0.3 is 15.7 Å². The van der Waals surface area contributed by atoms with E-state index in [0.29, 0.717) is 17.8 Å². The van der Waals surface area contributed by atoms with Gasteiger partial charge in [-0.05, 0) is 41.7 Å². The van der Waals surface area contributed by atoms with Crippen LogP contribution in [0.25, 0.3) is 10.8 Å². The van der Waals surface area contributed by atoms with E-state index in [2.05, 4.69) is 0 Å². The quantitative estimate of drug-likeness (QED) is 0.831. The largest absolute Gasteiger partial charge is 0.398 e. The third-order valence-electron chi connectivity index (χ3n) is 4.21. The minimum Gasteiger partial charge on any atom is -0.398 e. The highest BCUT2D eigenvalue weighted by Crippen LogP contribution is 2.25. The molecule has 4 heteroatoms.